The second-order valence-electron chi connectivity index (χ2n) is 3.10. The van der Waals surface area contributed by atoms with Gasteiger partial charge in [-0.3, -0.25) is 0 Å². The standard InChI is InChI=1S/C8H13BrN2O2S2/c1-6(10-2)5-11-15(12,13)8-4-3-7(9)14-8/h3-4,6,10-11H,5H2,1-2H3. The third kappa shape index (κ3) is 3.84. The van der Waals surface area contributed by atoms with Crippen LogP contribution in [0.15, 0.2) is 20.1 Å². The van der Waals surface area contributed by atoms with Gasteiger partial charge >= 0.3 is 0 Å². The van der Waals surface area contributed by atoms with Gasteiger partial charge in [-0.25, -0.2) is 13.1 Å². The van der Waals surface area contributed by atoms with Crippen molar-refractivity contribution in [1.29, 1.82) is 0 Å². The molecule has 0 aliphatic carbocycles. The lowest BCUT2D eigenvalue weighted by Gasteiger charge is -2.10. The fourth-order valence-corrected chi connectivity index (χ4v) is 4.03. The summed E-state index contributed by atoms with van der Waals surface area (Å²) in [4.78, 5) is 0. The Morgan fingerprint density at radius 2 is 2.20 bits per heavy atom. The van der Waals surface area contributed by atoms with Crippen LogP contribution >= 0.6 is 27.3 Å². The average Bonchev–Trinajstić information content (AvgIpc) is 2.62. The molecule has 0 spiro atoms. The van der Waals surface area contributed by atoms with E-state index in [-0.39, 0.29) is 6.04 Å². The van der Waals surface area contributed by atoms with Crippen LogP contribution in [0, 0.1) is 0 Å². The summed E-state index contributed by atoms with van der Waals surface area (Å²) in [6.07, 6.45) is 0. The average molecular weight is 313 g/mol. The normalized spacial score (nSPS) is 14.1. The fourth-order valence-electron chi connectivity index (χ4n) is 0.850. The Morgan fingerprint density at radius 1 is 1.53 bits per heavy atom. The molecule has 7 heteroatoms. The van der Waals surface area contributed by atoms with E-state index < -0.39 is 10.0 Å². The van der Waals surface area contributed by atoms with E-state index in [1.165, 1.54) is 11.3 Å². The third-order valence-electron chi connectivity index (χ3n) is 1.89. The van der Waals surface area contributed by atoms with Crippen molar-refractivity contribution in [2.75, 3.05) is 13.6 Å². The molecule has 0 fully saturated rings. The van der Waals surface area contributed by atoms with E-state index in [0.29, 0.717) is 10.8 Å². The number of hydrogen-bond acceptors (Lipinski definition) is 4. The first-order valence-electron chi connectivity index (χ1n) is 4.38. The first kappa shape index (κ1) is 13.1. The van der Waals surface area contributed by atoms with E-state index in [1.54, 1.807) is 19.2 Å². The highest BCUT2D eigenvalue weighted by Gasteiger charge is 2.16. The van der Waals surface area contributed by atoms with Gasteiger partial charge in [-0.15, -0.1) is 11.3 Å². The largest absolute Gasteiger partial charge is 0.316 e. The zero-order chi connectivity index (χ0) is 11.5. The van der Waals surface area contributed by atoms with Gasteiger partial charge in [0.2, 0.25) is 10.0 Å². The van der Waals surface area contributed by atoms with Gasteiger partial charge < -0.3 is 5.32 Å². The number of nitrogens with one attached hydrogen (secondary N) is 2. The summed E-state index contributed by atoms with van der Waals surface area (Å²) in [5, 5.41) is 2.96. The number of hydrogen-bond donors (Lipinski definition) is 2. The monoisotopic (exact) mass is 312 g/mol. The van der Waals surface area contributed by atoms with Crippen LogP contribution in [0.1, 0.15) is 6.92 Å². The lowest BCUT2D eigenvalue weighted by atomic mass is 10.4. The highest BCUT2D eigenvalue weighted by atomic mass is 79.9. The van der Waals surface area contributed by atoms with Crippen LogP contribution in [0.2, 0.25) is 0 Å². The van der Waals surface area contributed by atoms with Gasteiger partial charge in [-0.1, -0.05) is 0 Å². The second kappa shape index (κ2) is 5.40. The van der Waals surface area contributed by atoms with Gasteiger partial charge in [0.05, 0.1) is 3.79 Å². The van der Waals surface area contributed by atoms with Crippen LogP contribution in [0.3, 0.4) is 0 Å². The molecule has 0 aliphatic heterocycles. The van der Waals surface area contributed by atoms with Gasteiger partial charge in [0, 0.05) is 12.6 Å². The van der Waals surface area contributed by atoms with E-state index in [4.69, 9.17) is 0 Å². The maximum atomic E-state index is 11.7. The van der Waals surface area contributed by atoms with Crippen molar-refractivity contribution in [1.82, 2.24) is 10.0 Å². The van der Waals surface area contributed by atoms with Crippen LogP contribution in [0.4, 0.5) is 0 Å². The minimum Gasteiger partial charge on any atom is -0.316 e. The van der Waals surface area contributed by atoms with E-state index >= 15 is 0 Å². The molecule has 0 aliphatic rings. The topological polar surface area (TPSA) is 58.2 Å². The van der Waals surface area contributed by atoms with Gasteiger partial charge in [0.1, 0.15) is 4.21 Å². The highest BCUT2D eigenvalue weighted by Crippen LogP contribution is 2.25. The second-order valence-corrected chi connectivity index (χ2v) is 7.56. The zero-order valence-corrected chi connectivity index (χ0v) is 11.7. The van der Waals surface area contributed by atoms with Gasteiger partial charge in [0.15, 0.2) is 0 Å². The molecule has 4 nitrogen and oxygen atoms in total. The van der Waals surface area contributed by atoms with Crippen molar-refractivity contribution >= 4 is 37.3 Å². The van der Waals surface area contributed by atoms with Crippen LogP contribution in [-0.4, -0.2) is 28.1 Å². The molecule has 1 aromatic rings. The van der Waals surface area contributed by atoms with Crippen LogP contribution in [0.5, 0.6) is 0 Å². The molecule has 1 aromatic heterocycles. The summed E-state index contributed by atoms with van der Waals surface area (Å²) >= 11 is 4.43. The molecule has 1 heterocycles. The molecule has 0 aromatic carbocycles. The number of rotatable bonds is 5. The maximum Gasteiger partial charge on any atom is 0.250 e. The Balaban J connectivity index is 2.68. The molecule has 1 rings (SSSR count). The molecule has 15 heavy (non-hydrogen) atoms. The van der Waals surface area contributed by atoms with Crippen LogP contribution in [-0.2, 0) is 10.0 Å². The maximum absolute atomic E-state index is 11.7. The molecule has 0 radical (unpaired) electrons. The van der Waals surface area contributed by atoms with Crippen molar-refractivity contribution < 1.29 is 8.42 Å². The van der Waals surface area contributed by atoms with Gasteiger partial charge in [0.25, 0.3) is 0 Å². The van der Waals surface area contributed by atoms with Crippen molar-refractivity contribution in [3.63, 3.8) is 0 Å². The molecular weight excluding hydrogens is 300 g/mol. The van der Waals surface area contributed by atoms with E-state index in [9.17, 15) is 8.42 Å². The van der Waals surface area contributed by atoms with Gasteiger partial charge in [-0.05, 0) is 42.0 Å². The molecule has 1 unspecified atom stereocenters. The molecule has 0 amide bonds. The minimum absolute atomic E-state index is 0.114. The zero-order valence-electron chi connectivity index (χ0n) is 8.45. The van der Waals surface area contributed by atoms with Crippen LogP contribution < -0.4 is 10.0 Å². The summed E-state index contributed by atoms with van der Waals surface area (Å²) in [6, 6.07) is 3.42. The summed E-state index contributed by atoms with van der Waals surface area (Å²) in [5.74, 6) is 0. The van der Waals surface area contributed by atoms with E-state index in [1.807, 2.05) is 6.92 Å². The van der Waals surface area contributed by atoms with Crippen LogP contribution in [0.25, 0.3) is 0 Å². The summed E-state index contributed by atoms with van der Waals surface area (Å²) in [7, 11) is -1.55. The Hall–Kier alpha value is 0.0500. The number of sulfonamides is 1. The van der Waals surface area contributed by atoms with Crippen molar-refractivity contribution in [3.05, 3.63) is 15.9 Å². The Kier molecular flexibility index (Phi) is 4.72. The third-order valence-corrected chi connectivity index (χ3v) is 5.42. The Bertz CT molecular complexity index is 416. The molecule has 0 saturated carbocycles. The fraction of sp³-hybridized carbons (Fsp3) is 0.500. The quantitative estimate of drug-likeness (QED) is 0.864. The summed E-state index contributed by atoms with van der Waals surface area (Å²) < 4.78 is 27.1. The lowest BCUT2D eigenvalue weighted by molar-refractivity contribution is 0.556. The first-order chi connectivity index (χ1) is 6.95. The molecule has 1 atom stereocenters. The lowest BCUT2D eigenvalue weighted by Crippen LogP contribution is -2.36. The SMILES string of the molecule is CNC(C)CNS(=O)(=O)c1ccc(Br)s1. The van der Waals surface area contributed by atoms with Gasteiger partial charge in [-0.2, -0.15) is 0 Å². The van der Waals surface area contributed by atoms with Crippen molar-refractivity contribution in [2.45, 2.75) is 17.2 Å². The highest BCUT2D eigenvalue weighted by molar-refractivity contribution is 9.11. The molecule has 2 N–H and O–H groups in total. The minimum atomic E-state index is -3.35. The van der Waals surface area contributed by atoms with Crippen molar-refractivity contribution in [3.8, 4) is 0 Å². The molecule has 86 valence electrons. The first-order valence-corrected chi connectivity index (χ1v) is 7.47. The molecule has 0 bridgehead atoms. The predicted octanol–water partition coefficient (Wildman–Crippen LogP) is 1.40. The smallest absolute Gasteiger partial charge is 0.250 e. The summed E-state index contributed by atoms with van der Waals surface area (Å²) in [5.41, 5.74) is 0. The number of thiophene rings is 1. The van der Waals surface area contributed by atoms with Crippen molar-refractivity contribution in [2.24, 2.45) is 0 Å². The van der Waals surface area contributed by atoms with E-state index in [0.717, 1.165) is 3.79 Å². The Morgan fingerprint density at radius 3 is 2.67 bits per heavy atom. The number of halogens is 1. The Labute approximate surface area is 102 Å². The predicted molar refractivity (Wildman–Crippen MR) is 65.7 cm³/mol. The summed E-state index contributed by atoms with van der Waals surface area (Å²) in [6.45, 7) is 2.29. The van der Waals surface area contributed by atoms with E-state index in [2.05, 4.69) is 26.0 Å². The number of likely N-dealkylation sites (N-methyl/N-ethyl adjacent to an activating group) is 1. The molecule has 0 saturated heterocycles. The molecular formula is C8H13BrN2O2S2.